The second-order valence-electron chi connectivity index (χ2n) is 6.40. The third-order valence-corrected chi connectivity index (χ3v) is 4.75. The SMILES string of the molecule is O=C(NC1CCCCC1)[C@@H]1CCCN1C(=O)c1ccc([N+](=O)[O-])o1. The van der Waals surface area contributed by atoms with E-state index < -0.39 is 22.8 Å². The fraction of sp³-hybridized carbons (Fsp3) is 0.625. The van der Waals surface area contributed by atoms with Crippen molar-refractivity contribution in [2.75, 3.05) is 6.54 Å². The molecule has 0 bridgehead atoms. The smallest absolute Gasteiger partial charge is 0.395 e. The molecule has 3 rings (SSSR count). The van der Waals surface area contributed by atoms with Gasteiger partial charge in [-0.1, -0.05) is 19.3 Å². The quantitative estimate of drug-likeness (QED) is 0.671. The summed E-state index contributed by atoms with van der Waals surface area (Å²) in [6.45, 7) is 0.454. The lowest BCUT2D eigenvalue weighted by Crippen LogP contribution is -2.49. The van der Waals surface area contributed by atoms with Gasteiger partial charge in [-0.2, -0.15) is 0 Å². The van der Waals surface area contributed by atoms with E-state index in [4.69, 9.17) is 4.42 Å². The van der Waals surface area contributed by atoms with Gasteiger partial charge in [-0.3, -0.25) is 19.7 Å². The molecule has 2 fully saturated rings. The van der Waals surface area contributed by atoms with Crippen LogP contribution in [0.2, 0.25) is 0 Å². The molecule has 0 spiro atoms. The lowest BCUT2D eigenvalue weighted by Gasteiger charge is -2.27. The van der Waals surface area contributed by atoms with E-state index in [1.807, 2.05) is 0 Å². The Bertz CT molecular complexity index is 635. The molecule has 1 aliphatic carbocycles. The molecule has 1 saturated carbocycles. The van der Waals surface area contributed by atoms with Crippen molar-refractivity contribution >= 4 is 17.7 Å². The van der Waals surface area contributed by atoms with Crippen LogP contribution in [0.25, 0.3) is 0 Å². The molecule has 1 N–H and O–H groups in total. The molecule has 1 aliphatic heterocycles. The van der Waals surface area contributed by atoms with E-state index in [1.165, 1.54) is 17.4 Å². The fourth-order valence-corrected chi connectivity index (χ4v) is 3.51. The van der Waals surface area contributed by atoms with Crippen LogP contribution >= 0.6 is 0 Å². The summed E-state index contributed by atoms with van der Waals surface area (Å²) in [7, 11) is 0. The Kier molecular flexibility index (Phi) is 4.82. The number of hydrogen-bond donors (Lipinski definition) is 1. The minimum atomic E-state index is -0.686. The zero-order valence-electron chi connectivity index (χ0n) is 13.4. The Morgan fingerprint density at radius 2 is 1.92 bits per heavy atom. The van der Waals surface area contributed by atoms with Gasteiger partial charge >= 0.3 is 5.88 Å². The summed E-state index contributed by atoms with van der Waals surface area (Å²) in [6.07, 6.45) is 6.75. The first-order valence-electron chi connectivity index (χ1n) is 8.42. The van der Waals surface area contributed by atoms with Crippen molar-refractivity contribution in [2.24, 2.45) is 0 Å². The lowest BCUT2D eigenvalue weighted by atomic mass is 9.95. The first-order valence-corrected chi connectivity index (χ1v) is 8.42. The molecule has 1 aromatic heterocycles. The van der Waals surface area contributed by atoms with Crippen molar-refractivity contribution in [3.63, 3.8) is 0 Å². The molecule has 130 valence electrons. The minimum absolute atomic E-state index is 0.0981. The van der Waals surface area contributed by atoms with Gasteiger partial charge in [0.15, 0.2) is 5.76 Å². The van der Waals surface area contributed by atoms with Gasteiger partial charge in [0.1, 0.15) is 11.0 Å². The molecular weight excluding hydrogens is 314 g/mol. The summed E-state index contributed by atoms with van der Waals surface area (Å²) < 4.78 is 4.98. The number of nitrogens with one attached hydrogen (secondary N) is 1. The van der Waals surface area contributed by atoms with Gasteiger partial charge in [0, 0.05) is 12.6 Å². The van der Waals surface area contributed by atoms with Gasteiger partial charge in [-0.15, -0.1) is 0 Å². The van der Waals surface area contributed by atoms with Crippen molar-refractivity contribution in [1.29, 1.82) is 0 Å². The molecule has 1 aromatic rings. The summed E-state index contributed by atoms with van der Waals surface area (Å²) in [5.41, 5.74) is 0. The largest absolute Gasteiger partial charge is 0.433 e. The predicted octanol–water partition coefficient (Wildman–Crippen LogP) is 2.24. The van der Waals surface area contributed by atoms with Gasteiger partial charge < -0.3 is 14.6 Å². The van der Waals surface area contributed by atoms with Crippen LogP contribution in [0, 0.1) is 10.1 Å². The second kappa shape index (κ2) is 7.02. The molecule has 2 aliphatic rings. The molecular formula is C16H21N3O5. The topological polar surface area (TPSA) is 106 Å². The molecule has 2 amide bonds. The van der Waals surface area contributed by atoms with E-state index in [1.54, 1.807) is 0 Å². The Hall–Kier alpha value is -2.38. The number of nitrogens with zero attached hydrogens (tertiary/aromatic N) is 2. The zero-order chi connectivity index (χ0) is 17.1. The average Bonchev–Trinajstić information content (AvgIpc) is 3.25. The molecule has 8 heteroatoms. The maximum atomic E-state index is 12.5. The van der Waals surface area contributed by atoms with Crippen molar-refractivity contribution < 1.29 is 18.9 Å². The number of rotatable bonds is 4. The summed E-state index contributed by atoms with van der Waals surface area (Å²) in [6, 6.07) is 2.10. The second-order valence-corrected chi connectivity index (χ2v) is 6.40. The fourth-order valence-electron chi connectivity index (χ4n) is 3.51. The highest BCUT2D eigenvalue weighted by atomic mass is 16.6. The normalized spacial score (nSPS) is 21.7. The number of nitro groups is 1. The highest BCUT2D eigenvalue weighted by Crippen LogP contribution is 2.24. The number of carbonyl (C=O) groups excluding carboxylic acids is 2. The average molecular weight is 335 g/mol. The standard InChI is InChI=1S/C16H21N3O5/c20-15(17-11-5-2-1-3-6-11)12-7-4-10-18(12)16(21)13-8-9-14(24-13)19(22)23/h8-9,11-12H,1-7,10H2,(H,17,20)/t12-/m0/s1. The van der Waals surface area contributed by atoms with Crippen LogP contribution < -0.4 is 5.32 Å². The molecule has 0 radical (unpaired) electrons. The van der Waals surface area contributed by atoms with Crippen molar-refractivity contribution in [3.8, 4) is 0 Å². The number of carbonyl (C=O) groups is 2. The van der Waals surface area contributed by atoms with Crippen LogP contribution in [-0.2, 0) is 4.79 Å². The predicted molar refractivity (Wildman–Crippen MR) is 84.4 cm³/mol. The van der Waals surface area contributed by atoms with E-state index in [-0.39, 0.29) is 17.7 Å². The molecule has 8 nitrogen and oxygen atoms in total. The van der Waals surface area contributed by atoms with Gasteiger partial charge in [0.05, 0.1) is 6.07 Å². The third kappa shape index (κ3) is 3.42. The van der Waals surface area contributed by atoms with Crippen LogP contribution in [0.5, 0.6) is 0 Å². The summed E-state index contributed by atoms with van der Waals surface area (Å²) in [5, 5.41) is 13.7. The molecule has 1 atom stereocenters. The van der Waals surface area contributed by atoms with Crippen LogP contribution in [0.3, 0.4) is 0 Å². The Balaban J connectivity index is 1.66. The van der Waals surface area contributed by atoms with Crippen molar-refractivity contribution in [1.82, 2.24) is 10.2 Å². The first kappa shape index (κ1) is 16.5. The Morgan fingerprint density at radius 1 is 1.17 bits per heavy atom. The van der Waals surface area contributed by atoms with Crippen molar-refractivity contribution in [3.05, 3.63) is 28.0 Å². The lowest BCUT2D eigenvalue weighted by molar-refractivity contribution is -0.402. The highest BCUT2D eigenvalue weighted by Gasteiger charge is 2.37. The van der Waals surface area contributed by atoms with E-state index in [0.717, 1.165) is 38.2 Å². The van der Waals surface area contributed by atoms with E-state index in [0.29, 0.717) is 13.0 Å². The monoisotopic (exact) mass is 335 g/mol. The maximum Gasteiger partial charge on any atom is 0.433 e. The number of likely N-dealkylation sites (tertiary alicyclic amines) is 1. The molecule has 0 unspecified atom stereocenters. The summed E-state index contributed by atoms with van der Waals surface area (Å²) in [4.78, 5) is 36.5. The third-order valence-electron chi connectivity index (χ3n) is 4.75. The number of furan rings is 1. The summed E-state index contributed by atoms with van der Waals surface area (Å²) in [5.74, 6) is -1.17. The molecule has 1 saturated heterocycles. The van der Waals surface area contributed by atoms with Gasteiger partial charge in [0.25, 0.3) is 5.91 Å². The van der Waals surface area contributed by atoms with Gasteiger partial charge in [0.2, 0.25) is 5.91 Å². The molecule has 24 heavy (non-hydrogen) atoms. The van der Waals surface area contributed by atoms with Crippen LogP contribution in [0.15, 0.2) is 16.5 Å². The van der Waals surface area contributed by atoms with E-state index >= 15 is 0 Å². The van der Waals surface area contributed by atoms with Crippen LogP contribution in [0.1, 0.15) is 55.5 Å². The molecule has 2 heterocycles. The highest BCUT2D eigenvalue weighted by molar-refractivity contribution is 5.96. The number of hydrogen-bond acceptors (Lipinski definition) is 5. The Labute approximate surface area is 139 Å². The zero-order valence-corrected chi connectivity index (χ0v) is 13.4. The van der Waals surface area contributed by atoms with Crippen LogP contribution in [-0.4, -0.2) is 40.3 Å². The Morgan fingerprint density at radius 3 is 2.58 bits per heavy atom. The van der Waals surface area contributed by atoms with Crippen LogP contribution in [0.4, 0.5) is 5.88 Å². The maximum absolute atomic E-state index is 12.5. The summed E-state index contributed by atoms with van der Waals surface area (Å²) >= 11 is 0. The first-order chi connectivity index (χ1) is 11.6. The number of amides is 2. The molecule has 0 aromatic carbocycles. The van der Waals surface area contributed by atoms with Gasteiger partial charge in [-0.05, 0) is 31.7 Å². The van der Waals surface area contributed by atoms with Crippen molar-refractivity contribution in [2.45, 2.75) is 57.0 Å². The minimum Gasteiger partial charge on any atom is -0.395 e. The van der Waals surface area contributed by atoms with Gasteiger partial charge in [-0.25, -0.2) is 0 Å². The van der Waals surface area contributed by atoms with E-state index in [2.05, 4.69) is 5.32 Å². The van der Waals surface area contributed by atoms with E-state index in [9.17, 15) is 19.7 Å².